The number of allylic oxidation sites excluding steroid dienone is 3. The summed E-state index contributed by atoms with van der Waals surface area (Å²) in [5.74, 6) is -1.79. The van der Waals surface area contributed by atoms with Crippen LogP contribution in [0.2, 0.25) is 0 Å². The van der Waals surface area contributed by atoms with Gasteiger partial charge in [0.25, 0.3) is 0 Å². The highest BCUT2D eigenvalue weighted by atomic mass is 16.7. The van der Waals surface area contributed by atoms with Gasteiger partial charge in [-0.05, 0) is 56.1 Å². The number of hydrogen-bond donors (Lipinski definition) is 3. The van der Waals surface area contributed by atoms with Crippen LogP contribution in [0.1, 0.15) is 73.1 Å². The van der Waals surface area contributed by atoms with Crippen molar-refractivity contribution in [1.82, 2.24) is 0 Å². The van der Waals surface area contributed by atoms with Crippen LogP contribution in [0.4, 0.5) is 0 Å². The minimum Gasteiger partial charge on any atom is -0.462 e. The number of aliphatic hydroxyl groups is 3. The summed E-state index contributed by atoms with van der Waals surface area (Å²) in [6, 6.07) is 0. The minimum atomic E-state index is -1.75. The molecule has 3 N–H and O–H groups in total. The molecule has 4 aliphatic heterocycles. The van der Waals surface area contributed by atoms with Crippen molar-refractivity contribution in [2.45, 2.75) is 115 Å². The highest BCUT2D eigenvalue weighted by molar-refractivity contribution is 5.78. The molecule has 0 unspecified atom stereocenters. The molecule has 8 nitrogen and oxygen atoms in total. The van der Waals surface area contributed by atoms with E-state index in [4.69, 9.17) is 18.9 Å². The zero-order chi connectivity index (χ0) is 29.5. The zero-order valence-corrected chi connectivity index (χ0v) is 25.1. The largest absolute Gasteiger partial charge is 0.462 e. The maximum atomic E-state index is 13.9. The summed E-state index contributed by atoms with van der Waals surface area (Å²) in [7, 11) is 0. The maximum absolute atomic E-state index is 13.9. The molecule has 0 amide bonds. The average Bonchev–Trinajstić information content (AvgIpc) is 3.26. The summed E-state index contributed by atoms with van der Waals surface area (Å²) in [4.78, 5) is 13.9. The maximum Gasteiger partial charge on any atom is 0.316 e. The van der Waals surface area contributed by atoms with E-state index in [0.717, 1.165) is 18.4 Å². The van der Waals surface area contributed by atoms with Crippen molar-refractivity contribution in [2.24, 2.45) is 23.7 Å². The highest BCUT2D eigenvalue weighted by Gasteiger charge is 2.60. The van der Waals surface area contributed by atoms with E-state index in [1.165, 1.54) is 0 Å². The number of carbonyl (C=O) groups excluding carboxylic acids is 1. The molecule has 5 rings (SSSR count). The van der Waals surface area contributed by atoms with Crippen LogP contribution in [0.15, 0.2) is 47.1 Å². The van der Waals surface area contributed by atoms with Gasteiger partial charge in [-0.3, -0.25) is 4.79 Å². The van der Waals surface area contributed by atoms with E-state index in [1.807, 2.05) is 6.08 Å². The van der Waals surface area contributed by atoms with Crippen molar-refractivity contribution in [3.63, 3.8) is 0 Å². The van der Waals surface area contributed by atoms with E-state index in [-0.39, 0.29) is 31.3 Å². The molecule has 0 saturated carbocycles. The second-order valence-electron chi connectivity index (χ2n) is 13.4. The summed E-state index contributed by atoms with van der Waals surface area (Å²) < 4.78 is 25.6. The molecule has 0 aromatic heterocycles. The highest BCUT2D eigenvalue weighted by Crippen LogP contribution is 2.47. The lowest BCUT2D eigenvalue weighted by molar-refractivity contribution is -0.340. The third-order valence-electron chi connectivity index (χ3n) is 9.78. The van der Waals surface area contributed by atoms with Gasteiger partial charge in [-0.15, -0.1) is 0 Å². The number of ether oxygens (including phenoxy) is 4. The van der Waals surface area contributed by atoms with Gasteiger partial charge in [0.2, 0.25) is 0 Å². The molecule has 228 valence electrons. The third-order valence-corrected chi connectivity index (χ3v) is 9.78. The molecule has 3 saturated heterocycles. The van der Waals surface area contributed by atoms with Crippen LogP contribution in [0.3, 0.4) is 0 Å². The van der Waals surface area contributed by atoms with Gasteiger partial charge < -0.3 is 34.3 Å². The number of carbonyl (C=O) groups is 1. The Morgan fingerprint density at radius 3 is 2.68 bits per heavy atom. The summed E-state index contributed by atoms with van der Waals surface area (Å²) >= 11 is 0. The molecule has 41 heavy (non-hydrogen) atoms. The standard InChI is InChI=1S/C33H48O8/c1-19(2)29-21(4)11-12-32(41-29)16-26-15-25(40-32)10-9-20(3)13-23(17-34)7-6-8-24-18-38-30-28(35)22(5)14-27(31(36)39-26)33(24,30)37/h6-9,14,19,21,23,25-30,34-35,37H,10-13,15-18H2,1-5H3/b7-6+,20-9+,24-8+/t21-,23-,25+,26-,27-,28+,29+,30+,32+,33+/m0/s1. The fourth-order valence-electron chi connectivity index (χ4n) is 7.48. The Kier molecular flexibility index (Phi) is 9.01. The molecule has 1 aliphatic carbocycles. The minimum absolute atomic E-state index is 0.0163. The van der Waals surface area contributed by atoms with E-state index in [1.54, 1.807) is 25.2 Å². The first-order chi connectivity index (χ1) is 19.5. The fraction of sp³-hybridized carbons (Fsp3) is 0.727. The zero-order valence-electron chi connectivity index (χ0n) is 25.1. The second kappa shape index (κ2) is 12.1. The molecule has 2 bridgehead atoms. The summed E-state index contributed by atoms with van der Waals surface area (Å²) in [6.45, 7) is 10.4. The van der Waals surface area contributed by atoms with Gasteiger partial charge in [0.1, 0.15) is 29.8 Å². The van der Waals surface area contributed by atoms with Gasteiger partial charge in [-0.25, -0.2) is 0 Å². The first kappa shape index (κ1) is 30.6. The number of aliphatic hydroxyl groups excluding tert-OH is 2. The van der Waals surface area contributed by atoms with Crippen molar-refractivity contribution in [3.05, 3.63) is 47.1 Å². The molecule has 0 radical (unpaired) electrons. The van der Waals surface area contributed by atoms with Crippen molar-refractivity contribution < 1.29 is 39.1 Å². The quantitative estimate of drug-likeness (QED) is 0.334. The first-order valence-corrected chi connectivity index (χ1v) is 15.4. The number of hydrogen-bond acceptors (Lipinski definition) is 8. The van der Waals surface area contributed by atoms with E-state index in [0.29, 0.717) is 48.7 Å². The molecule has 5 aliphatic rings. The Labute approximate surface area is 244 Å². The first-order valence-electron chi connectivity index (χ1n) is 15.4. The molecular formula is C33H48O8. The lowest BCUT2D eigenvalue weighted by Gasteiger charge is -2.50. The summed E-state index contributed by atoms with van der Waals surface area (Å²) in [5, 5.41) is 33.0. The molecule has 8 heteroatoms. The van der Waals surface area contributed by atoms with Crippen molar-refractivity contribution in [3.8, 4) is 0 Å². The Morgan fingerprint density at radius 1 is 1.17 bits per heavy atom. The van der Waals surface area contributed by atoms with Crippen LogP contribution in [0, 0.1) is 23.7 Å². The molecule has 1 spiro atoms. The van der Waals surface area contributed by atoms with Gasteiger partial charge >= 0.3 is 5.97 Å². The van der Waals surface area contributed by atoms with E-state index < -0.39 is 41.6 Å². The topological polar surface area (TPSA) is 115 Å². The van der Waals surface area contributed by atoms with Gasteiger partial charge in [0.05, 0.1) is 18.8 Å². The predicted molar refractivity (Wildman–Crippen MR) is 154 cm³/mol. The smallest absolute Gasteiger partial charge is 0.316 e. The monoisotopic (exact) mass is 572 g/mol. The average molecular weight is 573 g/mol. The van der Waals surface area contributed by atoms with Crippen LogP contribution in [-0.2, 0) is 23.7 Å². The Morgan fingerprint density at radius 2 is 1.95 bits per heavy atom. The van der Waals surface area contributed by atoms with Gasteiger partial charge in [-0.1, -0.05) is 56.7 Å². The predicted octanol–water partition coefficient (Wildman–Crippen LogP) is 4.14. The van der Waals surface area contributed by atoms with Gasteiger partial charge in [0, 0.05) is 31.8 Å². The molecule has 0 aromatic carbocycles. The second-order valence-corrected chi connectivity index (χ2v) is 13.4. The lowest BCUT2D eigenvalue weighted by Crippen LogP contribution is -2.58. The molecule has 4 heterocycles. The fourth-order valence-corrected chi connectivity index (χ4v) is 7.48. The summed E-state index contributed by atoms with van der Waals surface area (Å²) in [6.07, 6.45) is 10.6. The Hall–Kier alpha value is -1.81. The van der Waals surface area contributed by atoms with E-state index in [2.05, 4.69) is 33.8 Å². The third kappa shape index (κ3) is 6.01. The van der Waals surface area contributed by atoms with Crippen molar-refractivity contribution in [1.29, 1.82) is 0 Å². The molecule has 10 atom stereocenters. The van der Waals surface area contributed by atoms with Gasteiger partial charge in [-0.2, -0.15) is 0 Å². The number of rotatable bonds is 2. The summed E-state index contributed by atoms with van der Waals surface area (Å²) in [5.41, 5.74) is 0.469. The normalized spacial score (nSPS) is 47.0. The molecule has 0 aromatic rings. The van der Waals surface area contributed by atoms with Crippen LogP contribution < -0.4 is 0 Å². The molecular weight excluding hydrogens is 524 g/mol. The van der Waals surface area contributed by atoms with Crippen molar-refractivity contribution >= 4 is 5.97 Å². The number of fused-ring (bicyclic) bond motifs is 2. The van der Waals surface area contributed by atoms with Crippen LogP contribution in [0.25, 0.3) is 0 Å². The SMILES string of the molecule is CC1=C[C@H]2C(=O)O[C@H]3C[C@@H](C/C=C(\C)C[C@@H](CO)/C=C/C=C4\CO[C@H]([C@@H]1O)[C@@]42O)O[C@@]1(CC[C@H](C)[C@@H](C(C)C)O1)C3. The van der Waals surface area contributed by atoms with Crippen LogP contribution in [-0.4, -0.2) is 76.4 Å². The van der Waals surface area contributed by atoms with Gasteiger partial charge in [0.15, 0.2) is 5.79 Å². The van der Waals surface area contributed by atoms with E-state index in [9.17, 15) is 20.1 Å². The van der Waals surface area contributed by atoms with Crippen LogP contribution >= 0.6 is 0 Å². The Bertz CT molecular complexity index is 1110. The lowest BCUT2D eigenvalue weighted by atomic mass is 9.71. The molecule has 3 fully saturated rings. The van der Waals surface area contributed by atoms with Crippen molar-refractivity contribution in [2.75, 3.05) is 13.2 Å². The Balaban J connectivity index is 1.52. The number of esters is 1. The van der Waals surface area contributed by atoms with Crippen LogP contribution in [0.5, 0.6) is 0 Å². The van der Waals surface area contributed by atoms with E-state index >= 15 is 0 Å².